The summed E-state index contributed by atoms with van der Waals surface area (Å²) in [6.07, 6.45) is -10.9. The van der Waals surface area contributed by atoms with Crippen LogP contribution in [0.1, 0.15) is 32.6 Å². The molecule has 384 valence electrons. The topological polar surface area (TPSA) is 324 Å². The lowest BCUT2D eigenvalue weighted by atomic mass is 10.0. The summed E-state index contributed by atoms with van der Waals surface area (Å²) in [5.74, 6) is 0.113. The molecular formula is C41H83NO22. The Morgan fingerprint density at radius 2 is 0.609 bits per heavy atom. The van der Waals surface area contributed by atoms with Crippen LogP contribution in [-0.2, 0) is 56.9 Å². The predicted molar refractivity (Wildman–Crippen MR) is 227 cm³/mol. The van der Waals surface area contributed by atoms with Crippen molar-refractivity contribution in [2.75, 3.05) is 178 Å². The highest BCUT2D eigenvalue weighted by Gasteiger charge is 2.34. The average Bonchev–Trinajstić information content (AvgIpc) is 3.29. The zero-order valence-electron chi connectivity index (χ0n) is 37.9. The van der Waals surface area contributed by atoms with Crippen molar-refractivity contribution >= 4 is 5.78 Å². The molecule has 0 saturated carbocycles. The van der Waals surface area contributed by atoms with Crippen molar-refractivity contribution in [3.8, 4) is 0 Å². The SMILES string of the molecule is CC(=O)CCOCCOCCOCCOCCOCCCCCOCCOCCOCCOCCOCCOCCN(C[C@H](O)[C@@H](O)[C@H](O)[C@H](O)CO)C[C@H](O)[C@@H](O)[C@H](O)[C@H](O)CO. The molecule has 0 aromatic heterocycles. The lowest BCUT2D eigenvalue weighted by Gasteiger charge is -2.33. The molecule has 0 saturated heterocycles. The van der Waals surface area contributed by atoms with Gasteiger partial charge in [0.25, 0.3) is 0 Å². The molecular weight excluding hydrogens is 858 g/mol. The maximum atomic E-state index is 10.8. The fraction of sp³-hybridized carbons (Fsp3) is 0.976. The van der Waals surface area contributed by atoms with Crippen LogP contribution in [0.3, 0.4) is 0 Å². The third kappa shape index (κ3) is 37.8. The molecule has 23 nitrogen and oxygen atoms in total. The molecule has 0 radical (unpaired) electrons. The van der Waals surface area contributed by atoms with Gasteiger partial charge in [-0.1, -0.05) is 0 Å². The number of rotatable bonds is 51. The molecule has 0 bridgehead atoms. The van der Waals surface area contributed by atoms with Crippen LogP contribution < -0.4 is 0 Å². The van der Waals surface area contributed by atoms with Crippen LogP contribution in [0.2, 0.25) is 0 Å². The van der Waals surface area contributed by atoms with Crippen molar-refractivity contribution in [1.29, 1.82) is 0 Å². The summed E-state index contributed by atoms with van der Waals surface area (Å²) in [7, 11) is 0. The molecule has 0 heterocycles. The van der Waals surface area contributed by atoms with Gasteiger partial charge in [-0.3, -0.25) is 9.69 Å². The highest BCUT2D eigenvalue weighted by molar-refractivity contribution is 5.75. The van der Waals surface area contributed by atoms with Crippen molar-refractivity contribution in [3.05, 3.63) is 0 Å². The van der Waals surface area contributed by atoms with E-state index < -0.39 is 62.0 Å². The first-order valence-electron chi connectivity index (χ1n) is 22.2. The van der Waals surface area contributed by atoms with E-state index in [4.69, 9.17) is 62.3 Å². The Hall–Kier alpha value is -1.21. The number of ketones is 1. The summed E-state index contributed by atoms with van der Waals surface area (Å²) in [5.41, 5.74) is 0. The van der Waals surface area contributed by atoms with E-state index in [1.54, 1.807) is 0 Å². The lowest BCUT2D eigenvalue weighted by Crippen LogP contribution is -2.53. The molecule has 0 aliphatic heterocycles. The largest absolute Gasteiger partial charge is 0.394 e. The van der Waals surface area contributed by atoms with E-state index in [0.717, 1.165) is 19.3 Å². The minimum Gasteiger partial charge on any atom is -0.394 e. The van der Waals surface area contributed by atoms with Gasteiger partial charge in [0.15, 0.2) is 0 Å². The van der Waals surface area contributed by atoms with Crippen molar-refractivity contribution in [1.82, 2.24) is 4.90 Å². The molecule has 0 aliphatic rings. The third-order valence-electron chi connectivity index (χ3n) is 9.12. The zero-order valence-corrected chi connectivity index (χ0v) is 37.9. The second kappa shape index (κ2) is 45.6. The second-order valence-corrected chi connectivity index (χ2v) is 14.6. The molecule has 0 fully saturated rings. The standard InChI is InChI=1S/C41H83NO22/c1-33(45)5-9-56-13-17-60-21-25-62-23-19-58-15-11-54-7-3-2-4-8-55-12-16-59-20-24-63-27-28-64-26-22-61-18-14-57-10-6-42(29-34(46)38(50)40(52)36(48)31-43)30-35(47)39(51)41(53)37(49)32-44/h34-41,43-44,46-53H,2-32H2,1H3/t34-,35-,36+,37+,38+,39+,40+,41+/m0/s1. The summed E-state index contributed by atoms with van der Waals surface area (Å²) in [5, 5.41) is 98.3. The van der Waals surface area contributed by atoms with Gasteiger partial charge < -0.3 is 103 Å². The van der Waals surface area contributed by atoms with Crippen molar-refractivity contribution in [2.45, 2.75) is 81.4 Å². The maximum absolute atomic E-state index is 10.8. The molecule has 0 aromatic rings. The van der Waals surface area contributed by atoms with E-state index in [9.17, 15) is 45.6 Å². The van der Waals surface area contributed by atoms with Crippen LogP contribution in [0.25, 0.3) is 0 Å². The van der Waals surface area contributed by atoms with Crippen molar-refractivity contribution < 1.29 is 108 Å². The van der Waals surface area contributed by atoms with E-state index in [1.807, 2.05) is 0 Å². The predicted octanol–water partition coefficient (Wildman–Crippen LogP) is -4.51. The minimum atomic E-state index is -1.88. The molecule has 0 unspecified atom stereocenters. The smallest absolute Gasteiger partial charge is 0.132 e. The average molecular weight is 942 g/mol. The molecule has 10 N–H and O–H groups in total. The van der Waals surface area contributed by atoms with Gasteiger partial charge in [0.2, 0.25) is 0 Å². The van der Waals surface area contributed by atoms with Crippen LogP contribution in [0.5, 0.6) is 0 Å². The van der Waals surface area contributed by atoms with Crippen LogP contribution in [0.15, 0.2) is 0 Å². The Morgan fingerprint density at radius 3 is 0.891 bits per heavy atom. The molecule has 0 amide bonds. The van der Waals surface area contributed by atoms with Gasteiger partial charge >= 0.3 is 0 Å². The van der Waals surface area contributed by atoms with Crippen LogP contribution in [-0.4, -0.2) is 289 Å². The number of carbonyl (C=O) groups is 1. The van der Waals surface area contributed by atoms with Crippen LogP contribution >= 0.6 is 0 Å². The number of hydrogen-bond acceptors (Lipinski definition) is 23. The number of nitrogens with zero attached hydrogens (tertiary/aromatic N) is 1. The van der Waals surface area contributed by atoms with Gasteiger partial charge in [-0.15, -0.1) is 0 Å². The van der Waals surface area contributed by atoms with Crippen LogP contribution in [0.4, 0.5) is 0 Å². The lowest BCUT2D eigenvalue weighted by molar-refractivity contribution is -0.131. The number of ether oxygens (including phenoxy) is 11. The summed E-state index contributed by atoms with van der Waals surface area (Å²) in [6, 6.07) is 0. The number of Topliss-reactive ketones (excluding diaryl/α,β-unsaturated/α-hetero) is 1. The summed E-state index contributed by atoms with van der Waals surface area (Å²) in [6.45, 7) is 8.49. The third-order valence-corrected chi connectivity index (χ3v) is 9.12. The van der Waals surface area contributed by atoms with Crippen molar-refractivity contribution in [2.24, 2.45) is 0 Å². The fourth-order valence-electron chi connectivity index (χ4n) is 5.31. The van der Waals surface area contributed by atoms with Gasteiger partial charge in [0.05, 0.1) is 158 Å². The van der Waals surface area contributed by atoms with Gasteiger partial charge in [-0.2, -0.15) is 0 Å². The first-order valence-corrected chi connectivity index (χ1v) is 22.2. The molecule has 0 aliphatic carbocycles. The van der Waals surface area contributed by atoms with E-state index in [0.29, 0.717) is 132 Å². The number of aliphatic hydroxyl groups is 10. The Kier molecular flexibility index (Phi) is 44.7. The molecule has 23 heteroatoms. The van der Waals surface area contributed by atoms with E-state index in [-0.39, 0.29) is 45.2 Å². The number of unbranched alkanes of at least 4 members (excludes halogenated alkanes) is 2. The Balaban J connectivity index is 3.67. The molecule has 8 atom stereocenters. The molecule has 0 aromatic carbocycles. The fourth-order valence-corrected chi connectivity index (χ4v) is 5.31. The van der Waals surface area contributed by atoms with Gasteiger partial charge in [-0.05, 0) is 26.2 Å². The van der Waals surface area contributed by atoms with Gasteiger partial charge in [-0.25, -0.2) is 0 Å². The number of hydrogen-bond donors (Lipinski definition) is 10. The van der Waals surface area contributed by atoms with E-state index in [2.05, 4.69) is 0 Å². The monoisotopic (exact) mass is 942 g/mol. The maximum Gasteiger partial charge on any atom is 0.132 e. The molecule has 0 rings (SSSR count). The number of carbonyl (C=O) groups excluding carboxylic acids is 1. The minimum absolute atomic E-state index is 0.0327. The first kappa shape index (κ1) is 62.8. The summed E-state index contributed by atoms with van der Waals surface area (Å²) >= 11 is 0. The van der Waals surface area contributed by atoms with E-state index >= 15 is 0 Å². The van der Waals surface area contributed by atoms with Gasteiger partial charge in [0.1, 0.15) is 42.4 Å². The van der Waals surface area contributed by atoms with Crippen LogP contribution in [0, 0.1) is 0 Å². The van der Waals surface area contributed by atoms with Gasteiger partial charge in [0, 0.05) is 39.3 Å². The number of aliphatic hydroxyl groups excluding tert-OH is 10. The molecule has 0 spiro atoms. The van der Waals surface area contributed by atoms with Crippen molar-refractivity contribution in [3.63, 3.8) is 0 Å². The quantitative estimate of drug-likeness (QED) is 0.0257. The first-order chi connectivity index (χ1) is 31.0. The normalized spacial score (nSPS) is 15.9. The Bertz CT molecular complexity index is 967. The summed E-state index contributed by atoms with van der Waals surface area (Å²) in [4.78, 5) is 12.2. The second-order valence-electron chi connectivity index (χ2n) is 14.6. The highest BCUT2D eigenvalue weighted by Crippen LogP contribution is 2.11. The molecule has 64 heavy (non-hydrogen) atoms. The van der Waals surface area contributed by atoms with E-state index in [1.165, 1.54) is 11.8 Å². The Labute approximate surface area is 377 Å². The zero-order chi connectivity index (χ0) is 47.5. The Morgan fingerprint density at radius 1 is 0.359 bits per heavy atom. The summed E-state index contributed by atoms with van der Waals surface area (Å²) < 4.78 is 60.3. The highest BCUT2D eigenvalue weighted by atomic mass is 16.6.